The van der Waals surface area contributed by atoms with Crippen LogP contribution in [0.3, 0.4) is 0 Å². The van der Waals surface area contributed by atoms with E-state index in [1.807, 2.05) is 31.2 Å². The molecule has 1 aromatic rings. The van der Waals surface area contributed by atoms with Crippen LogP contribution in [0.2, 0.25) is 5.02 Å². The molecule has 0 aliphatic rings. The van der Waals surface area contributed by atoms with E-state index in [1.54, 1.807) is 0 Å². The van der Waals surface area contributed by atoms with Gasteiger partial charge < -0.3 is 4.74 Å². The Morgan fingerprint density at radius 1 is 1.37 bits per heavy atom. The maximum atomic E-state index is 11.5. The van der Waals surface area contributed by atoms with Crippen LogP contribution in [0.15, 0.2) is 24.3 Å². The van der Waals surface area contributed by atoms with Crippen LogP contribution in [0.4, 0.5) is 0 Å². The zero-order valence-electron chi connectivity index (χ0n) is 12.2. The van der Waals surface area contributed by atoms with Gasteiger partial charge in [-0.1, -0.05) is 51.4 Å². The SMILES string of the molecule is CCC(=O)OC(Cc1cccc(Cl)c1)CC(C)(C)C. The quantitative estimate of drug-likeness (QED) is 0.736. The van der Waals surface area contributed by atoms with Gasteiger partial charge >= 0.3 is 5.97 Å². The topological polar surface area (TPSA) is 26.3 Å². The summed E-state index contributed by atoms with van der Waals surface area (Å²) in [6.45, 7) is 8.27. The Bertz CT molecular complexity index is 421. The van der Waals surface area contributed by atoms with E-state index in [9.17, 15) is 4.79 Å². The number of halogens is 1. The summed E-state index contributed by atoms with van der Waals surface area (Å²) in [6, 6.07) is 7.72. The lowest BCUT2D eigenvalue weighted by Crippen LogP contribution is -2.25. The van der Waals surface area contributed by atoms with Gasteiger partial charge in [0.15, 0.2) is 0 Å². The minimum absolute atomic E-state index is 0.0917. The summed E-state index contributed by atoms with van der Waals surface area (Å²) >= 11 is 5.99. The number of ether oxygens (including phenoxy) is 1. The molecule has 19 heavy (non-hydrogen) atoms. The molecule has 0 spiro atoms. The Hall–Kier alpha value is -1.02. The molecule has 106 valence electrons. The number of hydrogen-bond acceptors (Lipinski definition) is 2. The third-order valence-corrected chi connectivity index (χ3v) is 3.01. The zero-order valence-corrected chi connectivity index (χ0v) is 13.0. The molecule has 1 atom stereocenters. The fourth-order valence-corrected chi connectivity index (χ4v) is 2.25. The van der Waals surface area contributed by atoms with Crippen LogP contribution in [0, 0.1) is 5.41 Å². The fraction of sp³-hybridized carbons (Fsp3) is 0.562. The van der Waals surface area contributed by atoms with Crippen molar-refractivity contribution in [3.05, 3.63) is 34.9 Å². The van der Waals surface area contributed by atoms with Gasteiger partial charge in [0.05, 0.1) is 0 Å². The van der Waals surface area contributed by atoms with Crippen molar-refractivity contribution in [3.63, 3.8) is 0 Å². The van der Waals surface area contributed by atoms with Crippen LogP contribution in [-0.2, 0) is 16.0 Å². The second-order valence-electron chi connectivity index (χ2n) is 6.06. The molecule has 0 aromatic heterocycles. The van der Waals surface area contributed by atoms with Gasteiger partial charge in [0.2, 0.25) is 0 Å². The van der Waals surface area contributed by atoms with Crippen LogP contribution in [0.25, 0.3) is 0 Å². The summed E-state index contributed by atoms with van der Waals surface area (Å²) in [7, 11) is 0. The smallest absolute Gasteiger partial charge is 0.305 e. The first kappa shape index (κ1) is 16.0. The Balaban J connectivity index is 2.75. The highest BCUT2D eigenvalue weighted by atomic mass is 35.5. The molecule has 2 nitrogen and oxygen atoms in total. The highest BCUT2D eigenvalue weighted by Crippen LogP contribution is 2.25. The Morgan fingerprint density at radius 2 is 2.05 bits per heavy atom. The third-order valence-electron chi connectivity index (χ3n) is 2.78. The summed E-state index contributed by atoms with van der Waals surface area (Å²) in [6.07, 6.45) is 1.87. The van der Waals surface area contributed by atoms with Gasteiger partial charge in [0.25, 0.3) is 0 Å². The molecule has 0 aliphatic heterocycles. The molecule has 0 heterocycles. The van der Waals surface area contributed by atoms with E-state index in [1.165, 1.54) is 0 Å². The van der Waals surface area contributed by atoms with Crippen molar-refractivity contribution in [3.8, 4) is 0 Å². The van der Waals surface area contributed by atoms with Crippen molar-refractivity contribution < 1.29 is 9.53 Å². The highest BCUT2D eigenvalue weighted by Gasteiger charge is 2.22. The van der Waals surface area contributed by atoms with Gasteiger partial charge in [0, 0.05) is 17.9 Å². The van der Waals surface area contributed by atoms with Gasteiger partial charge in [-0.15, -0.1) is 0 Å². The first-order chi connectivity index (χ1) is 8.80. The van der Waals surface area contributed by atoms with Crippen molar-refractivity contribution in [2.45, 2.75) is 53.1 Å². The normalized spacial score (nSPS) is 13.1. The first-order valence-corrected chi connectivity index (χ1v) is 7.12. The molecule has 0 aliphatic carbocycles. The molecule has 0 fully saturated rings. The lowest BCUT2D eigenvalue weighted by molar-refractivity contribution is -0.149. The predicted octanol–water partition coefficient (Wildman–Crippen LogP) is 4.64. The number of hydrogen-bond donors (Lipinski definition) is 0. The van der Waals surface area contributed by atoms with E-state index < -0.39 is 0 Å². The van der Waals surface area contributed by atoms with E-state index in [4.69, 9.17) is 16.3 Å². The maximum Gasteiger partial charge on any atom is 0.305 e. The summed E-state index contributed by atoms with van der Waals surface area (Å²) in [5.74, 6) is -0.142. The van der Waals surface area contributed by atoms with Gasteiger partial charge in [-0.3, -0.25) is 4.79 Å². The second kappa shape index (κ2) is 6.95. The lowest BCUT2D eigenvalue weighted by atomic mass is 9.87. The van der Waals surface area contributed by atoms with Gasteiger partial charge in [-0.2, -0.15) is 0 Å². The standard InChI is InChI=1S/C16H23ClO2/c1-5-15(18)19-14(11-16(2,3)4)10-12-7-6-8-13(17)9-12/h6-9,14H,5,10-11H2,1-4H3. The molecule has 0 radical (unpaired) electrons. The minimum atomic E-state index is -0.142. The minimum Gasteiger partial charge on any atom is -0.462 e. The molecule has 0 bridgehead atoms. The van der Waals surface area contributed by atoms with E-state index in [0.29, 0.717) is 17.9 Å². The van der Waals surface area contributed by atoms with E-state index >= 15 is 0 Å². The van der Waals surface area contributed by atoms with Crippen molar-refractivity contribution in [2.24, 2.45) is 5.41 Å². The van der Waals surface area contributed by atoms with Crippen molar-refractivity contribution >= 4 is 17.6 Å². The van der Waals surface area contributed by atoms with E-state index in [-0.39, 0.29) is 17.5 Å². The predicted molar refractivity (Wildman–Crippen MR) is 79.4 cm³/mol. The highest BCUT2D eigenvalue weighted by molar-refractivity contribution is 6.30. The van der Waals surface area contributed by atoms with Crippen LogP contribution < -0.4 is 0 Å². The molecule has 0 saturated heterocycles. The number of carbonyl (C=O) groups is 1. The molecule has 1 rings (SSSR count). The van der Waals surface area contributed by atoms with Gasteiger partial charge in [0.1, 0.15) is 6.10 Å². The largest absolute Gasteiger partial charge is 0.462 e. The molecular formula is C16H23ClO2. The average molecular weight is 283 g/mol. The summed E-state index contributed by atoms with van der Waals surface area (Å²) in [4.78, 5) is 11.5. The Labute approximate surface area is 121 Å². The molecule has 1 unspecified atom stereocenters. The lowest BCUT2D eigenvalue weighted by Gasteiger charge is -2.26. The summed E-state index contributed by atoms with van der Waals surface area (Å²) in [5.41, 5.74) is 1.22. The fourth-order valence-electron chi connectivity index (χ4n) is 2.03. The first-order valence-electron chi connectivity index (χ1n) is 6.74. The Morgan fingerprint density at radius 3 is 2.58 bits per heavy atom. The molecule has 3 heteroatoms. The molecule has 0 saturated carbocycles. The van der Waals surface area contributed by atoms with Crippen LogP contribution in [0.5, 0.6) is 0 Å². The molecule has 0 amide bonds. The number of rotatable bonds is 5. The van der Waals surface area contributed by atoms with Crippen molar-refractivity contribution in [1.82, 2.24) is 0 Å². The Kier molecular flexibility index (Phi) is 5.86. The van der Waals surface area contributed by atoms with Gasteiger partial charge in [-0.05, 0) is 29.5 Å². The third kappa shape index (κ3) is 6.63. The number of benzene rings is 1. The van der Waals surface area contributed by atoms with E-state index in [0.717, 1.165) is 12.0 Å². The molecule has 0 N–H and O–H groups in total. The zero-order chi connectivity index (χ0) is 14.5. The number of carbonyl (C=O) groups excluding carboxylic acids is 1. The summed E-state index contributed by atoms with van der Waals surface area (Å²) in [5, 5.41) is 0.717. The summed E-state index contributed by atoms with van der Waals surface area (Å²) < 4.78 is 5.54. The van der Waals surface area contributed by atoms with Crippen molar-refractivity contribution in [2.75, 3.05) is 0 Å². The van der Waals surface area contributed by atoms with Crippen LogP contribution in [0.1, 0.15) is 46.1 Å². The maximum absolute atomic E-state index is 11.5. The number of esters is 1. The average Bonchev–Trinajstić information content (AvgIpc) is 2.26. The van der Waals surface area contributed by atoms with E-state index in [2.05, 4.69) is 20.8 Å². The monoisotopic (exact) mass is 282 g/mol. The van der Waals surface area contributed by atoms with Crippen LogP contribution in [-0.4, -0.2) is 12.1 Å². The van der Waals surface area contributed by atoms with Crippen LogP contribution >= 0.6 is 11.6 Å². The van der Waals surface area contributed by atoms with Gasteiger partial charge in [-0.25, -0.2) is 0 Å². The molecular weight excluding hydrogens is 260 g/mol. The molecule has 1 aromatic carbocycles. The second-order valence-corrected chi connectivity index (χ2v) is 6.50. The van der Waals surface area contributed by atoms with Crippen molar-refractivity contribution in [1.29, 1.82) is 0 Å².